The van der Waals surface area contributed by atoms with Crippen LogP contribution in [0.4, 0.5) is 10.5 Å². The molecule has 0 aromatic carbocycles. The number of pyridine rings is 1. The standard InChI is InChI=1S/C20H28N4O4/c1-20(2,3)28-19(27)24-10-8-13(9-11-24)15-5-4-14(12-21-15)22-16-6-7-17(25)23-18(16)26/h4-5,12-13,16,22H,6-11H2,1-3H3,(H,23,25,26). The summed E-state index contributed by atoms with van der Waals surface area (Å²) in [5, 5.41) is 5.47. The predicted molar refractivity (Wildman–Crippen MR) is 104 cm³/mol. The van der Waals surface area contributed by atoms with Crippen LogP contribution in [0.5, 0.6) is 0 Å². The lowest BCUT2D eigenvalue weighted by Crippen LogP contribution is -2.47. The zero-order valence-corrected chi connectivity index (χ0v) is 16.7. The Morgan fingerprint density at radius 2 is 1.93 bits per heavy atom. The van der Waals surface area contributed by atoms with Gasteiger partial charge >= 0.3 is 6.09 Å². The van der Waals surface area contributed by atoms with Crippen LogP contribution in [-0.2, 0) is 14.3 Å². The average molecular weight is 388 g/mol. The lowest BCUT2D eigenvalue weighted by atomic mass is 9.93. The first-order chi connectivity index (χ1) is 13.2. The molecule has 2 saturated heterocycles. The summed E-state index contributed by atoms with van der Waals surface area (Å²) in [5.74, 6) is -0.229. The Kier molecular flexibility index (Phi) is 5.86. The van der Waals surface area contributed by atoms with Gasteiger partial charge in [-0.1, -0.05) is 0 Å². The normalized spacial score (nSPS) is 21.2. The van der Waals surface area contributed by atoms with E-state index < -0.39 is 11.6 Å². The number of amides is 3. The summed E-state index contributed by atoms with van der Waals surface area (Å²) in [6.45, 7) is 6.90. The van der Waals surface area contributed by atoms with Crippen LogP contribution in [0.2, 0.25) is 0 Å². The van der Waals surface area contributed by atoms with Gasteiger partial charge in [-0.25, -0.2) is 4.79 Å². The Hall–Kier alpha value is -2.64. The van der Waals surface area contributed by atoms with Gasteiger partial charge in [-0.05, 0) is 52.2 Å². The smallest absolute Gasteiger partial charge is 0.410 e. The molecule has 1 atom stereocenters. The third kappa shape index (κ3) is 5.21. The van der Waals surface area contributed by atoms with Gasteiger partial charge in [0, 0.05) is 31.1 Å². The quantitative estimate of drug-likeness (QED) is 0.771. The van der Waals surface area contributed by atoms with Gasteiger partial charge in [0.15, 0.2) is 0 Å². The SMILES string of the molecule is CC(C)(C)OC(=O)N1CCC(c2ccc(NC3CCC(=O)NC3=O)cn2)CC1. The van der Waals surface area contributed by atoms with Gasteiger partial charge in [0.05, 0.1) is 11.9 Å². The molecule has 3 rings (SSSR count). The maximum atomic E-state index is 12.2. The zero-order chi connectivity index (χ0) is 20.3. The number of imide groups is 1. The van der Waals surface area contributed by atoms with Gasteiger partial charge in [0.1, 0.15) is 11.6 Å². The topological polar surface area (TPSA) is 101 Å². The summed E-state index contributed by atoms with van der Waals surface area (Å²) < 4.78 is 5.43. The third-order valence-electron chi connectivity index (χ3n) is 4.93. The minimum Gasteiger partial charge on any atom is -0.444 e. The van der Waals surface area contributed by atoms with E-state index in [4.69, 9.17) is 4.74 Å². The molecule has 0 radical (unpaired) electrons. The Bertz CT molecular complexity index is 734. The van der Waals surface area contributed by atoms with E-state index in [9.17, 15) is 14.4 Å². The average Bonchev–Trinajstić information content (AvgIpc) is 2.63. The fourth-order valence-electron chi connectivity index (χ4n) is 3.45. The molecule has 2 N–H and O–H groups in total. The Morgan fingerprint density at radius 3 is 2.50 bits per heavy atom. The van der Waals surface area contributed by atoms with Crippen molar-refractivity contribution in [3.8, 4) is 0 Å². The van der Waals surface area contributed by atoms with Crippen molar-refractivity contribution >= 4 is 23.6 Å². The Labute approximate surface area is 165 Å². The fourth-order valence-corrected chi connectivity index (χ4v) is 3.45. The molecular formula is C20H28N4O4. The number of likely N-dealkylation sites (tertiary alicyclic amines) is 1. The highest BCUT2D eigenvalue weighted by Crippen LogP contribution is 2.28. The largest absolute Gasteiger partial charge is 0.444 e. The lowest BCUT2D eigenvalue weighted by molar-refractivity contribution is -0.133. The minimum atomic E-state index is -0.485. The summed E-state index contributed by atoms with van der Waals surface area (Å²) in [7, 11) is 0. The van der Waals surface area contributed by atoms with E-state index in [1.807, 2.05) is 32.9 Å². The van der Waals surface area contributed by atoms with Crippen molar-refractivity contribution in [3.63, 3.8) is 0 Å². The van der Waals surface area contributed by atoms with E-state index in [1.165, 1.54) is 0 Å². The molecule has 2 fully saturated rings. The third-order valence-corrected chi connectivity index (χ3v) is 4.93. The van der Waals surface area contributed by atoms with Crippen molar-refractivity contribution in [3.05, 3.63) is 24.0 Å². The second-order valence-corrected chi connectivity index (χ2v) is 8.36. The van der Waals surface area contributed by atoms with Crippen molar-refractivity contribution in [1.82, 2.24) is 15.2 Å². The number of anilines is 1. The monoisotopic (exact) mass is 388 g/mol. The van der Waals surface area contributed by atoms with Gasteiger partial charge in [-0.3, -0.25) is 19.9 Å². The molecule has 0 saturated carbocycles. The summed E-state index contributed by atoms with van der Waals surface area (Å²) in [6.07, 6.45) is 3.96. The lowest BCUT2D eigenvalue weighted by Gasteiger charge is -2.33. The van der Waals surface area contributed by atoms with E-state index in [0.29, 0.717) is 31.8 Å². The molecule has 0 spiro atoms. The van der Waals surface area contributed by atoms with Crippen LogP contribution in [0, 0.1) is 0 Å². The van der Waals surface area contributed by atoms with Crippen molar-refractivity contribution in [2.24, 2.45) is 0 Å². The van der Waals surface area contributed by atoms with Gasteiger partial charge < -0.3 is 15.0 Å². The van der Waals surface area contributed by atoms with Crippen LogP contribution >= 0.6 is 0 Å². The number of piperidine rings is 2. The molecule has 3 amide bonds. The number of rotatable bonds is 3. The van der Waals surface area contributed by atoms with Crippen molar-refractivity contribution in [2.45, 2.75) is 64.0 Å². The van der Waals surface area contributed by atoms with Gasteiger partial charge in [0.2, 0.25) is 11.8 Å². The minimum absolute atomic E-state index is 0.228. The molecule has 0 bridgehead atoms. The first-order valence-electron chi connectivity index (χ1n) is 9.75. The summed E-state index contributed by atoms with van der Waals surface area (Å²) in [4.78, 5) is 41.5. The first kappa shape index (κ1) is 20.1. The molecule has 1 aromatic rings. The van der Waals surface area contributed by atoms with E-state index in [-0.39, 0.29) is 17.9 Å². The molecule has 0 aliphatic carbocycles. The van der Waals surface area contributed by atoms with Crippen LogP contribution in [-0.4, -0.2) is 52.5 Å². The maximum Gasteiger partial charge on any atom is 0.410 e. The van der Waals surface area contributed by atoms with Crippen molar-refractivity contribution in [2.75, 3.05) is 18.4 Å². The fraction of sp³-hybridized carbons (Fsp3) is 0.600. The van der Waals surface area contributed by atoms with Gasteiger partial charge in [-0.15, -0.1) is 0 Å². The maximum absolute atomic E-state index is 12.2. The van der Waals surface area contributed by atoms with Gasteiger partial charge in [0.25, 0.3) is 0 Å². The molecule has 1 aromatic heterocycles. The number of hydrogen-bond donors (Lipinski definition) is 2. The molecule has 2 aliphatic rings. The molecule has 3 heterocycles. The summed E-state index contributed by atoms with van der Waals surface area (Å²) in [5.41, 5.74) is 1.25. The summed E-state index contributed by atoms with van der Waals surface area (Å²) in [6, 6.07) is 3.45. The van der Waals surface area contributed by atoms with E-state index >= 15 is 0 Å². The second-order valence-electron chi connectivity index (χ2n) is 8.36. The summed E-state index contributed by atoms with van der Waals surface area (Å²) >= 11 is 0. The number of carbonyl (C=O) groups is 3. The predicted octanol–water partition coefficient (Wildman–Crippen LogP) is 2.41. The molecule has 28 heavy (non-hydrogen) atoms. The number of carbonyl (C=O) groups excluding carboxylic acids is 3. The highest BCUT2D eigenvalue weighted by atomic mass is 16.6. The Morgan fingerprint density at radius 1 is 1.21 bits per heavy atom. The molecule has 8 nitrogen and oxygen atoms in total. The van der Waals surface area contributed by atoms with E-state index in [2.05, 4.69) is 15.6 Å². The van der Waals surface area contributed by atoms with Crippen LogP contribution in [0.25, 0.3) is 0 Å². The van der Waals surface area contributed by atoms with Crippen LogP contribution in [0.15, 0.2) is 18.3 Å². The molecule has 152 valence electrons. The molecule has 1 unspecified atom stereocenters. The molecule has 8 heteroatoms. The molecule has 2 aliphatic heterocycles. The van der Waals surface area contributed by atoms with Crippen molar-refractivity contribution < 1.29 is 19.1 Å². The second kappa shape index (κ2) is 8.16. The molecular weight excluding hydrogens is 360 g/mol. The number of nitrogens with zero attached hydrogens (tertiary/aromatic N) is 2. The van der Waals surface area contributed by atoms with E-state index in [1.54, 1.807) is 11.1 Å². The van der Waals surface area contributed by atoms with Crippen molar-refractivity contribution in [1.29, 1.82) is 0 Å². The highest BCUT2D eigenvalue weighted by Gasteiger charge is 2.29. The van der Waals surface area contributed by atoms with Crippen LogP contribution in [0.3, 0.4) is 0 Å². The van der Waals surface area contributed by atoms with E-state index in [0.717, 1.165) is 24.2 Å². The van der Waals surface area contributed by atoms with Gasteiger partial charge in [-0.2, -0.15) is 0 Å². The first-order valence-corrected chi connectivity index (χ1v) is 9.75. The number of nitrogens with one attached hydrogen (secondary N) is 2. The van der Waals surface area contributed by atoms with Crippen LogP contribution < -0.4 is 10.6 Å². The number of hydrogen-bond acceptors (Lipinski definition) is 6. The highest BCUT2D eigenvalue weighted by molar-refractivity contribution is 6.01. The zero-order valence-electron chi connectivity index (χ0n) is 16.7. The number of aromatic nitrogens is 1. The van der Waals surface area contributed by atoms with Crippen LogP contribution in [0.1, 0.15) is 58.1 Å². The number of ether oxygens (including phenoxy) is 1. The Balaban J connectivity index is 1.51.